The van der Waals surface area contributed by atoms with Gasteiger partial charge in [0.15, 0.2) is 5.13 Å². The van der Waals surface area contributed by atoms with Crippen LogP contribution >= 0.6 is 11.3 Å². The minimum absolute atomic E-state index is 0.0620. The Hall–Kier alpha value is -1.47. The Kier molecular flexibility index (Phi) is 2.79. The molecule has 0 bridgehead atoms. The van der Waals surface area contributed by atoms with Crippen molar-refractivity contribution < 1.29 is 9.26 Å². The maximum Gasteiger partial charge on any atom is 0.270 e. The quantitative estimate of drug-likeness (QED) is 0.912. The number of anilines is 1. The van der Waals surface area contributed by atoms with Crippen molar-refractivity contribution in [1.29, 1.82) is 0 Å². The monoisotopic (exact) mass is 266 g/mol. The number of thiazole rings is 1. The van der Waals surface area contributed by atoms with Crippen LogP contribution in [0.3, 0.4) is 0 Å². The molecule has 0 saturated heterocycles. The highest BCUT2D eigenvalue weighted by Crippen LogP contribution is 2.42. The van der Waals surface area contributed by atoms with Crippen LogP contribution in [0.25, 0.3) is 10.8 Å². The van der Waals surface area contributed by atoms with Crippen LogP contribution < -0.4 is 5.73 Å². The van der Waals surface area contributed by atoms with Crippen LogP contribution in [0.2, 0.25) is 0 Å². The average Bonchev–Trinajstić information content (AvgIpc) is 2.94. The van der Waals surface area contributed by atoms with Crippen LogP contribution in [0.4, 0.5) is 5.13 Å². The van der Waals surface area contributed by atoms with E-state index < -0.39 is 0 Å². The zero-order chi connectivity index (χ0) is 12.7. The molecule has 18 heavy (non-hydrogen) atoms. The van der Waals surface area contributed by atoms with Gasteiger partial charge in [-0.05, 0) is 25.7 Å². The molecule has 1 saturated carbocycles. The summed E-state index contributed by atoms with van der Waals surface area (Å²) in [5.41, 5.74) is 6.47. The Morgan fingerprint density at radius 2 is 2.22 bits per heavy atom. The van der Waals surface area contributed by atoms with Gasteiger partial charge in [-0.25, -0.2) is 4.98 Å². The lowest BCUT2D eigenvalue weighted by atomic mass is 10.2. The van der Waals surface area contributed by atoms with Gasteiger partial charge in [-0.3, -0.25) is 0 Å². The van der Waals surface area contributed by atoms with Crippen molar-refractivity contribution in [2.45, 2.75) is 25.9 Å². The van der Waals surface area contributed by atoms with Gasteiger partial charge in [0.05, 0.1) is 5.69 Å². The summed E-state index contributed by atoms with van der Waals surface area (Å²) in [5, 5.41) is 4.51. The standard InChI is InChI=1S/C11H14N4O2S/c1-5-8(18-11(12)13-5)10-14-9(15-17-10)7(16-2)6-3-4-6/h6-7H,3-4H2,1-2H3,(H2,12,13). The molecular weight excluding hydrogens is 252 g/mol. The van der Waals surface area contributed by atoms with Crippen molar-refractivity contribution in [3.05, 3.63) is 11.5 Å². The fourth-order valence-electron chi connectivity index (χ4n) is 1.97. The first kappa shape index (κ1) is 11.6. The zero-order valence-corrected chi connectivity index (χ0v) is 11.0. The molecule has 2 aromatic heterocycles. The van der Waals surface area contributed by atoms with Crippen molar-refractivity contribution in [1.82, 2.24) is 15.1 Å². The topological polar surface area (TPSA) is 87.1 Å². The predicted molar refractivity (Wildman–Crippen MR) is 67.0 cm³/mol. The Bertz CT molecular complexity index is 561. The lowest BCUT2D eigenvalue weighted by molar-refractivity contribution is 0.0751. The van der Waals surface area contributed by atoms with Crippen LogP contribution in [-0.4, -0.2) is 22.2 Å². The van der Waals surface area contributed by atoms with Gasteiger partial charge in [0, 0.05) is 7.11 Å². The highest BCUT2D eigenvalue weighted by molar-refractivity contribution is 7.18. The number of nitrogens with two attached hydrogens (primary N) is 1. The molecule has 1 aliphatic rings. The summed E-state index contributed by atoms with van der Waals surface area (Å²) in [6.07, 6.45) is 2.26. The number of ether oxygens (including phenoxy) is 1. The van der Waals surface area contributed by atoms with E-state index in [1.807, 2.05) is 6.92 Å². The van der Waals surface area contributed by atoms with E-state index >= 15 is 0 Å². The summed E-state index contributed by atoms with van der Waals surface area (Å²) in [7, 11) is 1.68. The Morgan fingerprint density at radius 3 is 2.78 bits per heavy atom. The second-order valence-electron chi connectivity index (χ2n) is 4.42. The van der Waals surface area contributed by atoms with Crippen LogP contribution in [0.1, 0.15) is 30.5 Å². The molecule has 1 aliphatic carbocycles. The van der Waals surface area contributed by atoms with Gasteiger partial charge in [0.1, 0.15) is 11.0 Å². The molecule has 1 unspecified atom stereocenters. The summed E-state index contributed by atoms with van der Waals surface area (Å²) < 4.78 is 10.7. The summed E-state index contributed by atoms with van der Waals surface area (Å²) in [5.74, 6) is 1.61. The van der Waals surface area contributed by atoms with Crippen LogP contribution in [0, 0.1) is 12.8 Å². The van der Waals surface area contributed by atoms with E-state index in [0.29, 0.717) is 22.8 Å². The predicted octanol–water partition coefficient (Wildman–Crippen LogP) is 2.18. The molecule has 2 heterocycles. The van der Waals surface area contributed by atoms with Crippen LogP contribution in [0.15, 0.2) is 4.52 Å². The van der Waals surface area contributed by atoms with E-state index in [0.717, 1.165) is 23.4 Å². The van der Waals surface area contributed by atoms with Crippen molar-refractivity contribution in [2.24, 2.45) is 5.92 Å². The molecule has 0 spiro atoms. The normalized spacial score (nSPS) is 17.0. The van der Waals surface area contributed by atoms with Gasteiger partial charge in [0.25, 0.3) is 5.89 Å². The van der Waals surface area contributed by atoms with Crippen molar-refractivity contribution in [3.8, 4) is 10.8 Å². The second kappa shape index (κ2) is 4.33. The SMILES string of the molecule is COC(c1noc(-c2sc(N)nc2C)n1)C1CC1. The number of aromatic nitrogens is 3. The fourth-order valence-corrected chi connectivity index (χ4v) is 2.72. The summed E-state index contributed by atoms with van der Waals surface area (Å²) in [4.78, 5) is 9.38. The smallest absolute Gasteiger partial charge is 0.270 e. The molecule has 0 radical (unpaired) electrons. The van der Waals surface area contributed by atoms with E-state index in [1.165, 1.54) is 11.3 Å². The summed E-state index contributed by atoms with van der Waals surface area (Å²) >= 11 is 1.35. The summed E-state index contributed by atoms with van der Waals surface area (Å²) in [6, 6.07) is 0. The highest BCUT2D eigenvalue weighted by Gasteiger charge is 2.35. The number of methoxy groups -OCH3 is 1. The number of aryl methyl sites for hydroxylation is 1. The third-order valence-corrected chi connectivity index (χ3v) is 3.98. The summed E-state index contributed by atoms with van der Waals surface area (Å²) in [6.45, 7) is 1.88. The van der Waals surface area contributed by atoms with Gasteiger partial charge < -0.3 is 15.0 Å². The third kappa shape index (κ3) is 1.99. The first-order valence-corrected chi connectivity index (χ1v) is 6.60. The Balaban J connectivity index is 1.91. The molecule has 96 valence electrons. The third-order valence-electron chi connectivity index (χ3n) is 3.01. The van der Waals surface area contributed by atoms with Gasteiger partial charge >= 0.3 is 0 Å². The first-order chi connectivity index (χ1) is 8.69. The molecule has 0 aliphatic heterocycles. The maximum absolute atomic E-state index is 5.66. The van der Waals surface area contributed by atoms with E-state index in [2.05, 4.69) is 15.1 Å². The first-order valence-electron chi connectivity index (χ1n) is 5.78. The second-order valence-corrected chi connectivity index (χ2v) is 5.45. The Morgan fingerprint density at radius 1 is 1.44 bits per heavy atom. The average molecular weight is 266 g/mol. The number of rotatable bonds is 4. The van der Waals surface area contributed by atoms with Gasteiger partial charge in [-0.15, -0.1) is 0 Å². The van der Waals surface area contributed by atoms with Crippen molar-refractivity contribution in [3.63, 3.8) is 0 Å². The fraction of sp³-hybridized carbons (Fsp3) is 0.545. The van der Waals surface area contributed by atoms with Crippen molar-refractivity contribution in [2.75, 3.05) is 12.8 Å². The molecule has 2 aromatic rings. The number of hydrogen-bond acceptors (Lipinski definition) is 7. The Labute approximate surface area is 108 Å². The molecule has 1 atom stereocenters. The van der Waals surface area contributed by atoms with E-state index in [4.69, 9.17) is 15.0 Å². The van der Waals surface area contributed by atoms with Crippen LogP contribution in [-0.2, 0) is 4.74 Å². The molecule has 2 N–H and O–H groups in total. The molecule has 0 aromatic carbocycles. The minimum Gasteiger partial charge on any atom is -0.375 e. The lowest BCUT2D eigenvalue weighted by Crippen LogP contribution is -2.05. The molecule has 0 amide bonds. The molecule has 3 rings (SSSR count). The van der Waals surface area contributed by atoms with E-state index in [9.17, 15) is 0 Å². The van der Waals surface area contributed by atoms with Crippen LogP contribution in [0.5, 0.6) is 0 Å². The number of nitrogen functional groups attached to an aromatic ring is 1. The van der Waals surface area contributed by atoms with Gasteiger partial charge in [-0.2, -0.15) is 4.98 Å². The highest BCUT2D eigenvalue weighted by atomic mass is 32.1. The van der Waals surface area contributed by atoms with E-state index in [-0.39, 0.29) is 6.10 Å². The largest absolute Gasteiger partial charge is 0.375 e. The zero-order valence-electron chi connectivity index (χ0n) is 10.2. The molecule has 7 heteroatoms. The molecular formula is C11H14N4O2S. The molecule has 6 nitrogen and oxygen atoms in total. The van der Waals surface area contributed by atoms with Crippen molar-refractivity contribution >= 4 is 16.5 Å². The lowest BCUT2D eigenvalue weighted by Gasteiger charge is -2.07. The minimum atomic E-state index is -0.0620. The van der Waals surface area contributed by atoms with E-state index in [1.54, 1.807) is 7.11 Å². The number of nitrogens with zero attached hydrogens (tertiary/aromatic N) is 3. The van der Waals surface area contributed by atoms with Gasteiger partial charge in [-0.1, -0.05) is 16.5 Å². The number of hydrogen-bond donors (Lipinski definition) is 1. The maximum atomic E-state index is 5.66. The van der Waals surface area contributed by atoms with Gasteiger partial charge in [0.2, 0.25) is 5.82 Å². The molecule has 1 fully saturated rings.